The molecule has 2 N–H and O–H groups in total. The van der Waals surface area contributed by atoms with Crippen LogP contribution in [-0.2, 0) is 6.54 Å². The molecule has 8 nitrogen and oxygen atoms in total. The minimum atomic E-state index is -0.527. The maximum Gasteiger partial charge on any atom is 0.261 e. The van der Waals surface area contributed by atoms with Crippen LogP contribution in [0.15, 0.2) is 66.7 Å². The maximum absolute atomic E-state index is 12.8. The monoisotopic (exact) mass is 425 g/mol. The molecule has 0 bridgehead atoms. The molecule has 2 aliphatic heterocycles. The van der Waals surface area contributed by atoms with E-state index < -0.39 is 29.5 Å². The third-order valence-corrected chi connectivity index (χ3v) is 5.41. The van der Waals surface area contributed by atoms with Crippen molar-refractivity contribution < 1.29 is 24.0 Å². The average Bonchev–Trinajstić information content (AvgIpc) is 3.21. The summed E-state index contributed by atoms with van der Waals surface area (Å²) in [5.74, 6) is -2.39. The van der Waals surface area contributed by atoms with Crippen LogP contribution in [0, 0.1) is 0 Å². The number of anilines is 1. The van der Waals surface area contributed by atoms with Crippen molar-refractivity contribution in [2.24, 2.45) is 0 Å². The molecule has 0 radical (unpaired) electrons. The molecule has 3 aromatic rings. The molecule has 0 aromatic heterocycles. The Kier molecular flexibility index (Phi) is 4.41. The summed E-state index contributed by atoms with van der Waals surface area (Å²) in [5, 5.41) is 4.84. The first kappa shape index (κ1) is 19.4. The molecular formula is C24H15N3O5. The third-order valence-electron chi connectivity index (χ3n) is 5.41. The first-order valence-electron chi connectivity index (χ1n) is 9.77. The normalized spacial score (nSPS) is 14.3. The summed E-state index contributed by atoms with van der Waals surface area (Å²) in [6, 6.07) is 17.9. The van der Waals surface area contributed by atoms with Gasteiger partial charge in [0.2, 0.25) is 0 Å². The van der Waals surface area contributed by atoms with Crippen molar-refractivity contribution in [1.82, 2.24) is 10.2 Å². The van der Waals surface area contributed by atoms with E-state index in [1.165, 1.54) is 36.4 Å². The fourth-order valence-electron chi connectivity index (χ4n) is 3.79. The highest BCUT2D eigenvalue weighted by atomic mass is 16.2. The highest BCUT2D eigenvalue weighted by molar-refractivity contribution is 6.23. The zero-order chi connectivity index (χ0) is 22.4. The smallest absolute Gasteiger partial charge is 0.261 e. The van der Waals surface area contributed by atoms with Crippen LogP contribution in [0.5, 0.6) is 0 Å². The number of hydrogen-bond donors (Lipinski definition) is 2. The van der Waals surface area contributed by atoms with Crippen LogP contribution in [-0.4, -0.2) is 34.4 Å². The number of nitrogens with one attached hydrogen (secondary N) is 2. The van der Waals surface area contributed by atoms with Crippen molar-refractivity contribution >= 4 is 35.2 Å². The summed E-state index contributed by atoms with van der Waals surface area (Å²) in [7, 11) is 0. The number of fused-ring (bicyclic) bond motifs is 2. The zero-order valence-electron chi connectivity index (χ0n) is 16.5. The van der Waals surface area contributed by atoms with Crippen molar-refractivity contribution in [2.75, 3.05) is 5.32 Å². The molecule has 0 saturated heterocycles. The summed E-state index contributed by atoms with van der Waals surface area (Å²) in [4.78, 5) is 62.9. The molecule has 2 aliphatic rings. The van der Waals surface area contributed by atoms with Gasteiger partial charge in [-0.25, -0.2) is 0 Å². The molecule has 0 unspecified atom stereocenters. The van der Waals surface area contributed by atoms with Crippen LogP contribution in [0.2, 0.25) is 0 Å². The highest BCUT2D eigenvalue weighted by Crippen LogP contribution is 2.26. The second-order valence-electron chi connectivity index (χ2n) is 7.44. The Morgan fingerprint density at radius 1 is 0.750 bits per heavy atom. The molecule has 3 aromatic carbocycles. The van der Waals surface area contributed by atoms with Crippen LogP contribution in [0.4, 0.5) is 5.69 Å². The van der Waals surface area contributed by atoms with Crippen LogP contribution in [0.1, 0.15) is 57.4 Å². The first-order chi connectivity index (χ1) is 15.4. The van der Waals surface area contributed by atoms with E-state index in [4.69, 9.17) is 0 Å². The lowest BCUT2D eigenvalue weighted by molar-refractivity contribution is 0.0641. The molecule has 2 heterocycles. The lowest BCUT2D eigenvalue weighted by Gasteiger charge is -2.13. The molecule has 0 aliphatic carbocycles. The molecule has 8 heteroatoms. The molecular weight excluding hydrogens is 410 g/mol. The minimum Gasteiger partial charge on any atom is -0.322 e. The molecule has 0 spiro atoms. The van der Waals surface area contributed by atoms with Gasteiger partial charge in [-0.15, -0.1) is 0 Å². The Morgan fingerprint density at radius 3 is 2.22 bits per heavy atom. The standard InChI is InChI=1S/C24H15N3O5/c28-20(25-15-7-9-16-18(11-15)22(30)26-21(16)29)14-6-8-17-19(10-14)24(32)27(23(17)31)12-13-4-2-1-3-5-13/h1-11H,12H2,(H,25,28)(H,26,29,30). The largest absolute Gasteiger partial charge is 0.322 e. The summed E-state index contributed by atoms with van der Waals surface area (Å²) in [6.07, 6.45) is 0. The van der Waals surface area contributed by atoms with Gasteiger partial charge in [0.25, 0.3) is 29.5 Å². The lowest BCUT2D eigenvalue weighted by Crippen LogP contribution is -2.29. The SMILES string of the molecule is O=C(Nc1ccc2c(c1)C(=O)NC2=O)c1ccc2c(c1)C(=O)N(Cc1ccccc1)C2=O. The van der Waals surface area contributed by atoms with Gasteiger partial charge >= 0.3 is 0 Å². The number of hydrogen-bond acceptors (Lipinski definition) is 5. The van der Waals surface area contributed by atoms with E-state index in [-0.39, 0.29) is 34.4 Å². The second kappa shape index (κ2) is 7.28. The van der Waals surface area contributed by atoms with Gasteiger partial charge in [-0.1, -0.05) is 30.3 Å². The Hall–Kier alpha value is -4.59. The van der Waals surface area contributed by atoms with Crippen molar-refractivity contribution in [3.63, 3.8) is 0 Å². The summed E-state index contributed by atoms with van der Waals surface area (Å²) >= 11 is 0. The predicted molar refractivity (Wildman–Crippen MR) is 113 cm³/mol. The fourth-order valence-corrected chi connectivity index (χ4v) is 3.79. The number of benzene rings is 3. The van der Waals surface area contributed by atoms with Gasteiger partial charge < -0.3 is 5.32 Å². The average molecular weight is 425 g/mol. The molecule has 0 saturated carbocycles. The van der Waals surface area contributed by atoms with Gasteiger partial charge in [0.1, 0.15) is 0 Å². The van der Waals surface area contributed by atoms with E-state index in [2.05, 4.69) is 10.6 Å². The predicted octanol–water partition coefficient (Wildman–Crippen LogP) is 2.62. The van der Waals surface area contributed by atoms with Crippen LogP contribution < -0.4 is 10.6 Å². The van der Waals surface area contributed by atoms with Gasteiger partial charge in [-0.3, -0.25) is 34.2 Å². The highest BCUT2D eigenvalue weighted by Gasteiger charge is 2.36. The van der Waals surface area contributed by atoms with Gasteiger partial charge in [0.05, 0.1) is 28.8 Å². The van der Waals surface area contributed by atoms with Gasteiger partial charge in [0.15, 0.2) is 0 Å². The van der Waals surface area contributed by atoms with Crippen molar-refractivity contribution in [2.45, 2.75) is 6.54 Å². The maximum atomic E-state index is 12.8. The van der Waals surface area contributed by atoms with E-state index in [0.717, 1.165) is 10.5 Å². The zero-order valence-corrected chi connectivity index (χ0v) is 16.5. The number of nitrogens with zero attached hydrogens (tertiary/aromatic N) is 1. The first-order valence-corrected chi connectivity index (χ1v) is 9.77. The minimum absolute atomic E-state index is 0.143. The van der Waals surface area contributed by atoms with Gasteiger partial charge in [0, 0.05) is 11.3 Å². The van der Waals surface area contributed by atoms with E-state index in [0.29, 0.717) is 5.69 Å². The molecule has 0 fully saturated rings. The summed E-state index contributed by atoms with van der Waals surface area (Å²) < 4.78 is 0. The number of carbonyl (C=O) groups excluding carboxylic acids is 5. The van der Waals surface area contributed by atoms with Crippen molar-refractivity contribution in [3.8, 4) is 0 Å². The summed E-state index contributed by atoms with van der Waals surface area (Å²) in [5.41, 5.74) is 2.17. The van der Waals surface area contributed by atoms with Crippen molar-refractivity contribution in [1.29, 1.82) is 0 Å². The topological polar surface area (TPSA) is 113 Å². The van der Waals surface area contributed by atoms with Gasteiger partial charge in [-0.2, -0.15) is 0 Å². The Morgan fingerprint density at radius 2 is 1.44 bits per heavy atom. The quantitative estimate of drug-likeness (QED) is 0.624. The number of imide groups is 2. The van der Waals surface area contributed by atoms with Crippen molar-refractivity contribution in [3.05, 3.63) is 100 Å². The van der Waals surface area contributed by atoms with E-state index in [1.807, 2.05) is 30.3 Å². The number of rotatable bonds is 4. The molecule has 32 heavy (non-hydrogen) atoms. The summed E-state index contributed by atoms with van der Waals surface area (Å²) in [6.45, 7) is 0.143. The Labute approximate surface area is 181 Å². The fraction of sp³-hybridized carbons (Fsp3) is 0.0417. The molecule has 156 valence electrons. The molecule has 0 atom stereocenters. The van der Waals surface area contributed by atoms with Crippen LogP contribution in [0.3, 0.4) is 0 Å². The molecule has 5 amide bonds. The number of carbonyl (C=O) groups is 5. The second-order valence-corrected chi connectivity index (χ2v) is 7.44. The van der Waals surface area contributed by atoms with E-state index in [1.54, 1.807) is 0 Å². The third kappa shape index (κ3) is 3.14. The van der Waals surface area contributed by atoms with E-state index in [9.17, 15) is 24.0 Å². The lowest BCUT2D eigenvalue weighted by atomic mass is 10.0. The van der Waals surface area contributed by atoms with Gasteiger partial charge in [-0.05, 0) is 42.0 Å². The van der Waals surface area contributed by atoms with E-state index >= 15 is 0 Å². The number of amides is 5. The van der Waals surface area contributed by atoms with Crippen LogP contribution in [0.25, 0.3) is 0 Å². The Balaban J connectivity index is 1.37. The Bertz CT molecular complexity index is 1350. The molecule has 5 rings (SSSR count). The van der Waals surface area contributed by atoms with Crippen LogP contribution >= 0.6 is 0 Å².